The molecule has 0 aromatic heterocycles. The zero-order chi connectivity index (χ0) is 14.3. The van der Waals surface area contributed by atoms with E-state index in [-0.39, 0.29) is 11.7 Å². The van der Waals surface area contributed by atoms with Gasteiger partial charge in [-0.05, 0) is 40.5 Å². The van der Waals surface area contributed by atoms with Crippen molar-refractivity contribution in [3.63, 3.8) is 0 Å². The Morgan fingerprint density at radius 2 is 1.89 bits per heavy atom. The van der Waals surface area contributed by atoms with Crippen molar-refractivity contribution >= 4 is 6.09 Å². The molecule has 0 aliphatic carbocycles. The molecular weight excluding hydrogens is 246 g/mol. The van der Waals surface area contributed by atoms with Gasteiger partial charge in [0.1, 0.15) is 5.60 Å². The van der Waals surface area contributed by atoms with Gasteiger partial charge in [0.05, 0.1) is 17.8 Å². The predicted octanol–water partition coefficient (Wildman–Crippen LogP) is 1.93. The van der Waals surface area contributed by atoms with Gasteiger partial charge < -0.3 is 19.5 Å². The van der Waals surface area contributed by atoms with Crippen LogP contribution in [0, 0.1) is 0 Å². The summed E-state index contributed by atoms with van der Waals surface area (Å²) in [6.07, 6.45) is 1.93. The maximum Gasteiger partial charge on any atom is 0.410 e. The number of likely N-dealkylation sites (tertiary alicyclic amines) is 1. The third kappa shape index (κ3) is 3.60. The number of piperidine rings is 1. The van der Waals surface area contributed by atoms with Gasteiger partial charge in [0.15, 0.2) is 0 Å². The lowest BCUT2D eigenvalue weighted by atomic mass is 9.84. The lowest BCUT2D eigenvalue weighted by Crippen LogP contribution is -2.48. The van der Waals surface area contributed by atoms with E-state index in [1.165, 1.54) is 0 Å². The molecule has 0 aromatic rings. The molecule has 2 fully saturated rings. The normalized spacial score (nSPS) is 30.7. The molecule has 1 atom stereocenters. The molecule has 0 saturated carbocycles. The molecule has 5 heteroatoms. The molecule has 2 aliphatic rings. The predicted molar refractivity (Wildman–Crippen MR) is 71.0 cm³/mol. The Morgan fingerprint density at radius 1 is 1.32 bits per heavy atom. The molecule has 0 unspecified atom stereocenters. The number of hydrogen-bond donors (Lipinski definition) is 1. The number of rotatable bonds is 0. The Labute approximate surface area is 114 Å². The van der Waals surface area contributed by atoms with Crippen LogP contribution in [0.3, 0.4) is 0 Å². The van der Waals surface area contributed by atoms with Crippen LogP contribution in [0.2, 0.25) is 0 Å². The van der Waals surface area contributed by atoms with Crippen molar-refractivity contribution in [2.75, 3.05) is 19.7 Å². The lowest BCUT2D eigenvalue weighted by Gasteiger charge is -2.39. The number of hydrogen-bond acceptors (Lipinski definition) is 4. The minimum absolute atomic E-state index is 0.248. The number of carbonyl (C=O) groups is 1. The summed E-state index contributed by atoms with van der Waals surface area (Å²) in [7, 11) is 0. The van der Waals surface area contributed by atoms with Gasteiger partial charge in [-0.1, -0.05) is 0 Å². The van der Waals surface area contributed by atoms with E-state index in [4.69, 9.17) is 9.47 Å². The molecule has 0 radical (unpaired) electrons. The Bertz CT molecular complexity index is 351. The lowest BCUT2D eigenvalue weighted by molar-refractivity contribution is -0.0505. The van der Waals surface area contributed by atoms with Crippen LogP contribution in [-0.4, -0.2) is 52.6 Å². The number of amides is 1. The number of carbonyl (C=O) groups excluding carboxylic acids is 1. The topological polar surface area (TPSA) is 59.0 Å². The third-order valence-electron chi connectivity index (χ3n) is 3.72. The molecular formula is C14H25NO4. The fraction of sp³-hybridized carbons (Fsp3) is 0.929. The van der Waals surface area contributed by atoms with Crippen LogP contribution in [0.25, 0.3) is 0 Å². The summed E-state index contributed by atoms with van der Waals surface area (Å²) < 4.78 is 11.2. The minimum atomic E-state index is -0.728. The van der Waals surface area contributed by atoms with Crippen LogP contribution in [0.15, 0.2) is 0 Å². The summed E-state index contributed by atoms with van der Waals surface area (Å²) in [6, 6.07) is 0. The highest BCUT2D eigenvalue weighted by molar-refractivity contribution is 5.68. The Hall–Kier alpha value is -0.810. The van der Waals surface area contributed by atoms with Gasteiger partial charge in [0.2, 0.25) is 0 Å². The maximum atomic E-state index is 12.0. The van der Waals surface area contributed by atoms with E-state index in [2.05, 4.69) is 0 Å². The average Bonchev–Trinajstić information content (AvgIpc) is 2.53. The summed E-state index contributed by atoms with van der Waals surface area (Å²) in [4.78, 5) is 13.7. The Morgan fingerprint density at radius 3 is 2.32 bits per heavy atom. The van der Waals surface area contributed by atoms with Crippen molar-refractivity contribution in [3.8, 4) is 0 Å². The summed E-state index contributed by atoms with van der Waals surface area (Å²) >= 11 is 0. The molecule has 2 heterocycles. The van der Waals surface area contributed by atoms with Crippen molar-refractivity contribution in [1.29, 1.82) is 0 Å². The van der Waals surface area contributed by atoms with Crippen LogP contribution >= 0.6 is 0 Å². The van der Waals surface area contributed by atoms with E-state index in [1.807, 2.05) is 27.7 Å². The monoisotopic (exact) mass is 271 g/mol. The van der Waals surface area contributed by atoms with Gasteiger partial charge >= 0.3 is 6.09 Å². The summed E-state index contributed by atoms with van der Waals surface area (Å²) in [6.45, 7) is 9.06. The summed E-state index contributed by atoms with van der Waals surface area (Å²) in [5.41, 5.74) is -1.43. The standard InChI is InChI=1S/C14H25NO4/c1-12(2,3)19-11(16)15-7-5-14(6-8-15)9-13(4,17)10-18-14/h17H,5-10H2,1-4H3/t13-/m0/s1. The van der Waals surface area contributed by atoms with Gasteiger partial charge in [-0.3, -0.25) is 0 Å². The smallest absolute Gasteiger partial charge is 0.410 e. The molecule has 1 spiro atoms. The van der Waals surface area contributed by atoms with Crippen LogP contribution in [0.4, 0.5) is 4.79 Å². The largest absolute Gasteiger partial charge is 0.444 e. The second-order valence-corrected chi connectivity index (χ2v) is 7.11. The Balaban J connectivity index is 1.88. The first kappa shape index (κ1) is 14.6. The van der Waals surface area contributed by atoms with Crippen LogP contribution < -0.4 is 0 Å². The van der Waals surface area contributed by atoms with E-state index in [0.717, 1.165) is 12.8 Å². The first-order valence-electron chi connectivity index (χ1n) is 6.95. The van der Waals surface area contributed by atoms with Crippen LogP contribution in [0.1, 0.15) is 47.0 Å². The van der Waals surface area contributed by atoms with Crippen LogP contribution in [-0.2, 0) is 9.47 Å². The van der Waals surface area contributed by atoms with Gasteiger partial charge in [0.25, 0.3) is 0 Å². The zero-order valence-electron chi connectivity index (χ0n) is 12.4. The molecule has 110 valence electrons. The molecule has 0 aromatic carbocycles. The molecule has 2 saturated heterocycles. The second kappa shape index (κ2) is 4.63. The highest BCUT2D eigenvalue weighted by atomic mass is 16.6. The van der Waals surface area contributed by atoms with Gasteiger partial charge in [-0.25, -0.2) is 4.79 Å². The summed E-state index contributed by atoms with van der Waals surface area (Å²) in [5.74, 6) is 0. The molecule has 1 amide bonds. The van der Waals surface area contributed by atoms with Crippen LogP contribution in [0.5, 0.6) is 0 Å². The molecule has 5 nitrogen and oxygen atoms in total. The molecule has 19 heavy (non-hydrogen) atoms. The van der Waals surface area contributed by atoms with Crippen molar-refractivity contribution in [2.24, 2.45) is 0 Å². The average molecular weight is 271 g/mol. The molecule has 0 bridgehead atoms. The van der Waals surface area contributed by atoms with Gasteiger partial charge in [0, 0.05) is 19.5 Å². The molecule has 1 N–H and O–H groups in total. The fourth-order valence-electron chi connectivity index (χ4n) is 2.85. The fourth-order valence-corrected chi connectivity index (χ4v) is 2.85. The van der Waals surface area contributed by atoms with Gasteiger partial charge in [-0.2, -0.15) is 0 Å². The summed E-state index contributed by atoms with van der Waals surface area (Å²) in [5, 5.41) is 10.0. The highest BCUT2D eigenvalue weighted by Gasteiger charge is 2.48. The quantitative estimate of drug-likeness (QED) is 0.731. The SMILES string of the molecule is CC(C)(C)OC(=O)N1CCC2(CC1)C[C@](C)(O)CO2. The first-order valence-corrected chi connectivity index (χ1v) is 6.95. The van der Waals surface area contributed by atoms with Crippen molar-refractivity contribution in [2.45, 2.75) is 63.8 Å². The number of aliphatic hydroxyl groups is 1. The van der Waals surface area contributed by atoms with E-state index in [1.54, 1.807) is 4.90 Å². The Kier molecular flexibility index (Phi) is 3.56. The third-order valence-corrected chi connectivity index (χ3v) is 3.72. The minimum Gasteiger partial charge on any atom is -0.444 e. The van der Waals surface area contributed by atoms with Crippen molar-refractivity contribution < 1.29 is 19.4 Å². The molecule has 2 aliphatic heterocycles. The zero-order valence-corrected chi connectivity index (χ0v) is 12.4. The maximum absolute atomic E-state index is 12.0. The van der Waals surface area contributed by atoms with Crippen molar-refractivity contribution in [1.82, 2.24) is 4.90 Å². The van der Waals surface area contributed by atoms with E-state index in [9.17, 15) is 9.90 Å². The van der Waals surface area contributed by atoms with E-state index < -0.39 is 11.2 Å². The number of nitrogens with zero attached hydrogens (tertiary/aromatic N) is 1. The first-order chi connectivity index (χ1) is 8.61. The van der Waals surface area contributed by atoms with E-state index >= 15 is 0 Å². The second-order valence-electron chi connectivity index (χ2n) is 7.11. The highest BCUT2D eigenvalue weighted by Crippen LogP contribution is 2.40. The number of ether oxygens (including phenoxy) is 2. The van der Waals surface area contributed by atoms with Gasteiger partial charge in [-0.15, -0.1) is 0 Å². The van der Waals surface area contributed by atoms with Crippen molar-refractivity contribution in [3.05, 3.63) is 0 Å². The molecule has 2 rings (SSSR count). The van der Waals surface area contributed by atoms with E-state index in [0.29, 0.717) is 26.1 Å².